The van der Waals surface area contributed by atoms with Gasteiger partial charge in [0.1, 0.15) is 23.4 Å². The Morgan fingerprint density at radius 1 is 0.965 bits per heavy atom. The van der Waals surface area contributed by atoms with E-state index in [4.69, 9.17) is 24.2 Å². The van der Waals surface area contributed by atoms with Crippen LogP contribution in [0.4, 0.5) is 5.69 Å². The predicted octanol–water partition coefficient (Wildman–Crippen LogP) is 7.14. The molecule has 1 unspecified atom stereocenters. The molecule has 2 aromatic carbocycles. The van der Waals surface area contributed by atoms with E-state index in [2.05, 4.69) is 5.32 Å². The third kappa shape index (κ3) is 7.41. The van der Waals surface area contributed by atoms with E-state index in [0.29, 0.717) is 56.3 Å². The van der Waals surface area contributed by atoms with Gasteiger partial charge in [-0.05, 0) is 97.2 Å². The standard InChI is InChI=1S/C45H48N4O8/c1-10-45(54)20-35(50)55-23-31-32(45)19-34-39-30(22-49(34)40(31)51)29(28-13-11-12-14-33(28)48-39)21-46-27-17-15-26(16-18-27)38-36(41(52)56-43(4,5)6)24(2)47-25(3)37(38)42(53)57-44(7,8)9/h11-19,21,38,47,54H,10,20,22-23H2,1-9H3. The topological polar surface area (TPSA) is 158 Å². The van der Waals surface area contributed by atoms with Crippen LogP contribution in [-0.2, 0) is 47.3 Å². The molecule has 0 bridgehead atoms. The maximum Gasteiger partial charge on any atom is 0.337 e. The molecule has 3 aliphatic rings. The number of pyridine rings is 2. The highest BCUT2D eigenvalue weighted by Gasteiger charge is 2.41. The fourth-order valence-electron chi connectivity index (χ4n) is 7.83. The molecular formula is C45H48N4O8. The first-order chi connectivity index (χ1) is 26.8. The fourth-order valence-corrected chi connectivity index (χ4v) is 7.83. The van der Waals surface area contributed by atoms with Gasteiger partial charge in [-0.1, -0.05) is 37.3 Å². The lowest BCUT2D eigenvalue weighted by atomic mass is 9.80. The molecular weight excluding hydrogens is 725 g/mol. The Labute approximate surface area is 331 Å². The number of ether oxygens (including phenoxy) is 3. The molecule has 0 aliphatic carbocycles. The Morgan fingerprint density at radius 3 is 2.18 bits per heavy atom. The number of hydrogen-bond donors (Lipinski definition) is 2. The normalized spacial score (nSPS) is 18.5. The summed E-state index contributed by atoms with van der Waals surface area (Å²) in [6.07, 6.45) is 1.74. The molecule has 7 rings (SSSR count). The minimum Gasteiger partial charge on any atom is -0.460 e. The van der Waals surface area contributed by atoms with Crippen LogP contribution in [0.3, 0.4) is 0 Å². The second kappa shape index (κ2) is 14.3. The van der Waals surface area contributed by atoms with Gasteiger partial charge in [-0.2, -0.15) is 0 Å². The van der Waals surface area contributed by atoms with Crippen molar-refractivity contribution in [3.05, 3.63) is 115 Å². The zero-order chi connectivity index (χ0) is 41.2. The van der Waals surface area contributed by atoms with E-state index in [1.165, 1.54) is 0 Å². The summed E-state index contributed by atoms with van der Waals surface area (Å²) in [7, 11) is 0. The molecule has 0 fully saturated rings. The smallest absolute Gasteiger partial charge is 0.337 e. The Kier molecular flexibility index (Phi) is 9.84. The van der Waals surface area contributed by atoms with Crippen LogP contribution in [0.2, 0.25) is 0 Å². The van der Waals surface area contributed by atoms with Crippen LogP contribution in [0.25, 0.3) is 22.3 Å². The number of cyclic esters (lactones) is 1. The maximum atomic E-state index is 14.0. The van der Waals surface area contributed by atoms with Crippen LogP contribution in [0.15, 0.2) is 86.9 Å². The average Bonchev–Trinajstić information content (AvgIpc) is 3.43. The zero-order valence-electron chi connectivity index (χ0n) is 33.8. The molecule has 0 saturated carbocycles. The van der Waals surface area contributed by atoms with E-state index in [9.17, 15) is 24.3 Å². The quantitative estimate of drug-likeness (QED) is 0.103. The number of carbonyl (C=O) groups is 3. The number of aliphatic imine (C=N–C) groups is 1. The number of carbonyl (C=O) groups excluding carboxylic acids is 3. The first-order valence-corrected chi connectivity index (χ1v) is 19.1. The van der Waals surface area contributed by atoms with Gasteiger partial charge in [-0.25, -0.2) is 14.6 Å². The molecule has 2 aromatic heterocycles. The number of esters is 3. The van der Waals surface area contributed by atoms with Crippen LogP contribution >= 0.6 is 0 Å². The maximum absolute atomic E-state index is 14.0. The summed E-state index contributed by atoms with van der Waals surface area (Å²) >= 11 is 0. The molecule has 0 saturated heterocycles. The molecule has 5 heterocycles. The van der Waals surface area contributed by atoms with Crippen LogP contribution < -0.4 is 10.9 Å². The summed E-state index contributed by atoms with van der Waals surface area (Å²) in [4.78, 5) is 63.8. The van der Waals surface area contributed by atoms with E-state index in [0.717, 1.165) is 16.5 Å². The van der Waals surface area contributed by atoms with Crippen molar-refractivity contribution in [2.45, 2.75) is 111 Å². The van der Waals surface area contributed by atoms with Crippen molar-refractivity contribution in [3.8, 4) is 11.4 Å². The number of para-hydroxylation sites is 1. The highest BCUT2D eigenvalue weighted by molar-refractivity contribution is 6.03. The third-order valence-corrected chi connectivity index (χ3v) is 10.5. The SMILES string of the molecule is CCC1(O)CC(=O)OCc2c1cc1n(c2=O)Cc2c-1nc1ccccc1c2C=Nc1ccc(C2C(C(=O)OC(C)(C)C)=C(C)NC(C)=C2C(=O)OC(C)(C)C)cc1. The van der Waals surface area contributed by atoms with Crippen molar-refractivity contribution in [3.63, 3.8) is 0 Å². The molecule has 3 aliphatic heterocycles. The Bertz CT molecular complexity index is 2460. The van der Waals surface area contributed by atoms with E-state index in [1.807, 2.05) is 48.5 Å². The Morgan fingerprint density at radius 2 is 1.58 bits per heavy atom. The lowest BCUT2D eigenvalue weighted by Crippen LogP contribution is -2.36. The van der Waals surface area contributed by atoms with Crippen LogP contribution in [-0.4, -0.2) is 50.0 Å². The van der Waals surface area contributed by atoms with Gasteiger partial charge in [-0.15, -0.1) is 0 Å². The van der Waals surface area contributed by atoms with E-state index in [-0.39, 0.29) is 37.1 Å². The van der Waals surface area contributed by atoms with Gasteiger partial charge in [0.25, 0.3) is 5.56 Å². The molecule has 12 heteroatoms. The summed E-state index contributed by atoms with van der Waals surface area (Å²) in [5, 5.41) is 15.6. The summed E-state index contributed by atoms with van der Waals surface area (Å²) in [6, 6.07) is 16.8. The highest BCUT2D eigenvalue weighted by atomic mass is 16.6. The monoisotopic (exact) mass is 772 g/mol. The van der Waals surface area contributed by atoms with Gasteiger partial charge < -0.3 is 29.2 Å². The number of nitrogens with one attached hydrogen (secondary N) is 1. The predicted molar refractivity (Wildman–Crippen MR) is 216 cm³/mol. The minimum absolute atomic E-state index is 0.210. The molecule has 1 atom stereocenters. The highest BCUT2D eigenvalue weighted by Crippen LogP contribution is 2.42. The van der Waals surface area contributed by atoms with Crippen molar-refractivity contribution < 1.29 is 33.7 Å². The fraction of sp³-hybridized carbons (Fsp3) is 0.378. The lowest BCUT2D eigenvalue weighted by molar-refractivity contribution is -0.151. The molecule has 0 radical (unpaired) electrons. The lowest BCUT2D eigenvalue weighted by Gasteiger charge is -2.33. The van der Waals surface area contributed by atoms with Gasteiger partial charge >= 0.3 is 17.9 Å². The van der Waals surface area contributed by atoms with Crippen LogP contribution in [0.1, 0.15) is 109 Å². The molecule has 0 spiro atoms. The molecule has 57 heavy (non-hydrogen) atoms. The zero-order valence-corrected chi connectivity index (χ0v) is 33.8. The van der Waals surface area contributed by atoms with Gasteiger partial charge in [0.05, 0.1) is 58.2 Å². The van der Waals surface area contributed by atoms with E-state index in [1.54, 1.807) is 79.2 Å². The van der Waals surface area contributed by atoms with Gasteiger partial charge in [-0.3, -0.25) is 14.6 Å². The number of rotatable bonds is 6. The van der Waals surface area contributed by atoms with Crippen molar-refractivity contribution in [1.82, 2.24) is 14.9 Å². The van der Waals surface area contributed by atoms with Gasteiger partial charge in [0.2, 0.25) is 0 Å². The molecule has 2 N–H and O–H groups in total. The minimum atomic E-state index is -1.55. The molecule has 0 amide bonds. The third-order valence-electron chi connectivity index (χ3n) is 10.5. The van der Waals surface area contributed by atoms with Crippen molar-refractivity contribution >= 4 is 40.7 Å². The van der Waals surface area contributed by atoms with Crippen molar-refractivity contribution in [2.75, 3.05) is 0 Å². The Hall–Kier alpha value is -5.88. The average molecular weight is 773 g/mol. The largest absolute Gasteiger partial charge is 0.460 e. The number of fused-ring (bicyclic) bond motifs is 5. The van der Waals surface area contributed by atoms with Gasteiger partial charge in [0.15, 0.2) is 0 Å². The Balaban J connectivity index is 1.29. The number of allylic oxidation sites excluding steroid dienone is 2. The number of dihydropyridines is 1. The number of hydrogen-bond acceptors (Lipinski definition) is 11. The van der Waals surface area contributed by atoms with Gasteiger partial charge in [0, 0.05) is 34.1 Å². The molecule has 296 valence electrons. The van der Waals surface area contributed by atoms with E-state index < -0.39 is 40.6 Å². The van der Waals surface area contributed by atoms with Crippen molar-refractivity contribution in [2.24, 2.45) is 4.99 Å². The second-order valence-electron chi connectivity index (χ2n) is 16.9. The van der Waals surface area contributed by atoms with Crippen molar-refractivity contribution in [1.29, 1.82) is 0 Å². The van der Waals surface area contributed by atoms with E-state index >= 15 is 0 Å². The first-order valence-electron chi connectivity index (χ1n) is 19.1. The number of benzene rings is 2. The molecule has 12 nitrogen and oxygen atoms in total. The number of aliphatic hydroxyl groups is 1. The van der Waals surface area contributed by atoms with Crippen LogP contribution in [0.5, 0.6) is 0 Å². The summed E-state index contributed by atoms with van der Waals surface area (Å²) in [5.41, 5.74) is 3.72. The summed E-state index contributed by atoms with van der Waals surface area (Å²) in [6.45, 7) is 16.1. The first kappa shape index (κ1) is 39.4. The number of nitrogens with zero attached hydrogens (tertiary/aromatic N) is 3. The summed E-state index contributed by atoms with van der Waals surface area (Å²) in [5.74, 6) is -2.41. The molecule has 4 aromatic rings. The van der Waals surface area contributed by atoms with Crippen LogP contribution in [0, 0.1) is 0 Å². The second-order valence-corrected chi connectivity index (χ2v) is 16.9. The summed E-state index contributed by atoms with van der Waals surface area (Å²) < 4.78 is 18.6. The number of aromatic nitrogens is 2.